The predicted octanol–water partition coefficient (Wildman–Crippen LogP) is 2.31. The Balaban J connectivity index is 1.79. The number of hydrogen-bond donors (Lipinski definition) is 1. The summed E-state index contributed by atoms with van der Waals surface area (Å²) in [6.45, 7) is 5.09. The SMILES string of the molecule is CC1CCCC(C)N1CC(=O)NC1CCCC1. The van der Waals surface area contributed by atoms with Crippen LogP contribution in [-0.4, -0.2) is 35.5 Å². The average Bonchev–Trinajstić information content (AvgIpc) is 2.76. The van der Waals surface area contributed by atoms with Gasteiger partial charge in [0.2, 0.25) is 5.91 Å². The van der Waals surface area contributed by atoms with Crippen molar-refractivity contribution >= 4 is 5.91 Å². The second kappa shape index (κ2) is 5.85. The quantitative estimate of drug-likeness (QED) is 0.818. The minimum atomic E-state index is 0.234. The van der Waals surface area contributed by atoms with E-state index in [4.69, 9.17) is 0 Å². The van der Waals surface area contributed by atoms with E-state index < -0.39 is 0 Å². The fourth-order valence-corrected chi connectivity index (χ4v) is 3.30. The molecule has 2 unspecified atom stereocenters. The summed E-state index contributed by atoms with van der Waals surface area (Å²) in [4.78, 5) is 14.4. The van der Waals surface area contributed by atoms with Gasteiger partial charge in [-0.15, -0.1) is 0 Å². The van der Waals surface area contributed by atoms with Crippen LogP contribution in [0, 0.1) is 0 Å². The highest BCUT2D eigenvalue weighted by Gasteiger charge is 2.27. The highest BCUT2D eigenvalue weighted by Crippen LogP contribution is 2.22. The van der Waals surface area contributed by atoms with E-state index >= 15 is 0 Å². The number of amides is 1. The summed E-state index contributed by atoms with van der Waals surface area (Å²) < 4.78 is 0. The molecule has 1 aliphatic heterocycles. The van der Waals surface area contributed by atoms with E-state index in [2.05, 4.69) is 24.1 Å². The topological polar surface area (TPSA) is 32.3 Å². The summed E-state index contributed by atoms with van der Waals surface area (Å²) in [5.74, 6) is 0.234. The summed E-state index contributed by atoms with van der Waals surface area (Å²) in [6.07, 6.45) is 8.70. The van der Waals surface area contributed by atoms with Gasteiger partial charge in [0.05, 0.1) is 6.54 Å². The van der Waals surface area contributed by atoms with Gasteiger partial charge in [0.25, 0.3) is 0 Å². The van der Waals surface area contributed by atoms with Crippen molar-refractivity contribution in [2.45, 2.75) is 76.9 Å². The molecule has 98 valence electrons. The van der Waals surface area contributed by atoms with Crippen molar-refractivity contribution in [2.75, 3.05) is 6.54 Å². The normalized spacial score (nSPS) is 31.6. The number of likely N-dealkylation sites (tertiary alicyclic amines) is 1. The molecule has 0 aromatic rings. The van der Waals surface area contributed by atoms with Crippen LogP contribution in [0.5, 0.6) is 0 Å². The molecule has 1 saturated carbocycles. The minimum Gasteiger partial charge on any atom is -0.352 e. The highest BCUT2D eigenvalue weighted by molar-refractivity contribution is 5.78. The molecule has 3 nitrogen and oxygen atoms in total. The van der Waals surface area contributed by atoms with Crippen molar-refractivity contribution < 1.29 is 4.79 Å². The highest BCUT2D eigenvalue weighted by atomic mass is 16.2. The largest absolute Gasteiger partial charge is 0.352 e. The van der Waals surface area contributed by atoms with Gasteiger partial charge in [0.1, 0.15) is 0 Å². The monoisotopic (exact) mass is 238 g/mol. The number of carbonyl (C=O) groups excluding carboxylic acids is 1. The Morgan fingerprint density at radius 2 is 1.65 bits per heavy atom. The molecular formula is C14H26N2O. The number of rotatable bonds is 3. The van der Waals surface area contributed by atoms with E-state index in [1.807, 2.05) is 0 Å². The van der Waals surface area contributed by atoms with Crippen molar-refractivity contribution in [3.63, 3.8) is 0 Å². The minimum absolute atomic E-state index is 0.234. The number of piperidine rings is 1. The molecule has 0 bridgehead atoms. The van der Waals surface area contributed by atoms with Crippen LogP contribution in [0.25, 0.3) is 0 Å². The number of nitrogens with zero attached hydrogens (tertiary/aromatic N) is 1. The number of hydrogen-bond acceptors (Lipinski definition) is 2. The summed E-state index contributed by atoms with van der Waals surface area (Å²) in [5.41, 5.74) is 0. The van der Waals surface area contributed by atoms with Gasteiger partial charge in [-0.3, -0.25) is 9.69 Å². The molecule has 1 heterocycles. The van der Waals surface area contributed by atoms with Crippen LogP contribution < -0.4 is 5.32 Å². The van der Waals surface area contributed by atoms with Gasteiger partial charge in [-0.25, -0.2) is 0 Å². The molecule has 17 heavy (non-hydrogen) atoms. The first-order chi connectivity index (χ1) is 8.16. The van der Waals surface area contributed by atoms with E-state index in [0.29, 0.717) is 24.7 Å². The summed E-state index contributed by atoms with van der Waals surface area (Å²) in [7, 11) is 0. The van der Waals surface area contributed by atoms with E-state index in [-0.39, 0.29) is 5.91 Å². The zero-order valence-electron chi connectivity index (χ0n) is 11.2. The number of nitrogens with one attached hydrogen (secondary N) is 1. The Bertz CT molecular complexity index is 251. The molecule has 1 N–H and O–H groups in total. The van der Waals surface area contributed by atoms with Gasteiger partial charge in [-0.05, 0) is 39.5 Å². The second-order valence-electron chi connectivity index (χ2n) is 5.85. The average molecular weight is 238 g/mol. The maximum atomic E-state index is 12.0. The molecule has 3 heteroatoms. The molecule has 1 aliphatic carbocycles. The first kappa shape index (κ1) is 12.9. The molecule has 0 aromatic heterocycles. The van der Waals surface area contributed by atoms with E-state index in [9.17, 15) is 4.79 Å². The Morgan fingerprint density at radius 1 is 1.06 bits per heavy atom. The molecule has 1 saturated heterocycles. The Hall–Kier alpha value is -0.570. The van der Waals surface area contributed by atoms with Crippen molar-refractivity contribution in [1.82, 2.24) is 10.2 Å². The van der Waals surface area contributed by atoms with E-state index in [1.54, 1.807) is 0 Å². The van der Waals surface area contributed by atoms with Gasteiger partial charge in [0.15, 0.2) is 0 Å². The molecule has 2 fully saturated rings. The second-order valence-corrected chi connectivity index (χ2v) is 5.85. The summed E-state index contributed by atoms with van der Waals surface area (Å²) in [6, 6.07) is 1.58. The Labute approximate surface area is 105 Å². The van der Waals surface area contributed by atoms with Gasteiger partial charge < -0.3 is 5.32 Å². The molecule has 0 radical (unpaired) electrons. The predicted molar refractivity (Wildman–Crippen MR) is 69.9 cm³/mol. The van der Waals surface area contributed by atoms with Gasteiger partial charge in [-0.1, -0.05) is 19.3 Å². The maximum Gasteiger partial charge on any atom is 0.234 e. The third-order valence-corrected chi connectivity index (χ3v) is 4.42. The van der Waals surface area contributed by atoms with Crippen LogP contribution in [0.3, 0.4) is 0 Å². The van der Waals surface area contributed by atoms with Crippen LogP contribution >= 0.6 is 0 Å². The third-order valence-electron chi connectivity index (χ3n) is 4.42. The van der Waals surface area contributed by atoms with E-state index in [0.717, 1.165) is 0 Å². The molecule has 1 amide bonds. The van der Waals surface area contributed by atoms with E-state index in [1.165, 1.54) is 44.9 Å². The lowest BCUT2D eigenvalue weighted by Gasteiger charge is -2.38. The third kappa shape index (κ3) is 3.44. The van der Waals surface area contributed by atoms with Crippen molar-refractivity contribution in [3.05, 3.63) is 0 Å². The molecular weight excluding hydrogens is 212 g/mol. The summed E-state index contributed by atoms with van der Waals surface area (Å²) >= 11 is 0. The first-order valence-corrected chi connectivity index (χ1v) is 7.22. The lowest BCUT2D eigenvalue weighted by atomic mass is 9.97. The molecule has 2 atom stereocenters. The van der Waals surface area contributed by atoms with Crippen molar-refractivity contribution in [1.29, 1.82) is 0 Å². The lowest BCUT2D eigenvalue weighted by molar-refractivity contribution is -0.124. The van der Waals surface area contributed by atoms with Gasteiger partial charge in [-0.2, -0.15) is 0 Å². The first-order valence-electron chi connectivity index (χ1n) is 7.22. The van der Waals surface area contributed by atoms with Crippen LogP contribution in [0.1, 0.15) is 58.8 Å². The van der Waals surface area contributed by atoms with Crippen LogP contribution in [0.2, 0.25) is 0 Å². The molecule has 2 rings (SSSR count). The summed E-state index contributed by atoms with van der Waals surface area (Å²) in [5, 5.41) is 3.19. The van der Waals surface area contributed by atoms with Crippen molar-refractivity contribution in [2.24, 2.45) is 0 Å². The van der Waals surface area contributed by atoms with Crippen molar-refractivity contribution in [3.8, 4) is 0 Å². The molecule has 2 aliphatic rings. The molecule has 0 aromatic carbocycles. The lowest BCUT2D eigenvalue weighted by Crippen LogP contribution is -2.49. The van der Waals surface area contributed by atoms with Gasteiger partial charge in [0, 0.05) is 18.1 Å². The Kier molecular flexibility index (Phi) is 4.43. The maximum absolute atomic E-state index is 12.0. The smallest absolute Gasteiger partial charge is 0.234 e. The Morgan fingerprint density at radius 3 is 2.24 bits per heavy atom. The zero-order chi connectivity index (χ0) is 12.3. The zero-order valence-corrected chi connectivity index (χ0v) is 11.2. The molecule has 0 spiro atoms. The van der Waals surface area contributed by atoms with Crippen LogP contribution in [0.15, 0.2) is 0 Å². The van der Waals surface area contributed by atoms with Crippen LogP contribution in [-0.2, 0) is 4.79 Å². The fraction of sp³-hybridized carbons (Fsp3) is 0.929. The van der Waals surface area contributed by atoms with Crippen LogP contribution in [0.4, 0.5) is 0 Å². The van der Waals surface area contributed by atoms with Gasteiger partial charge >= 0.3 is 0 Å². The fourth-order valence-electron chi connectivity index (χ4n) is 3.30. The standard InChI is InChI=1S/C14H26N2O/c1-11-6-5-7-12(2)16(11)10-14(17)15-13-8-3-4-9-13/h11-13H,3-10H2,1-2H3,(H,15,17). The number of carbonyl (C=O) groups is 1.